The van der Waals surface area contributed by atoms with Crippen LogP contribution in [0, 0.1) is 13.8 Å². The molecular formula is C20H17N5O3. The maximum Gasteiger partial charge on any atom is 0.299 e. The minimum atomic E-state index is -0.287. The quantitative estimate of drug-likeness (QED) is 0.534. The van der Waals surface area contributed by atoms with Crippen LogP contribution in [0.25, 0.3) is 11.3 Å². The normalized spacial score (nSPS) is 10.6. The van der Waals surface area contributed by atoms with E-state index in [-0.39, 0.29) is 5.91 Å². The molecule has 0 aliphatic carbocycles. The van der Waals surface area contributed by atoms with Crippen molar-refractivity contribution < 1.29 is 13.7 Å². The van der Waals surface area contributed by atoms with Gasteiger partial charge in [0.1, 0.15) is 11.3 Å². The molecule has 0 unspecified atom stereocenters. The van der Waals surface area contributed by atoms with Crippen molar-refractivity contribution in [2.24, 2.45) is 0 Å². The summed E-state index contributed by atoms with van der Waals surface area (Å²) < 4.78 is 10.7. The van der Waals surface area contributed by atoms with Crippen molar-refractivity contribution in [3.63, 3.8) is 0 Å². The van der Waals surface area contributed by atoms with E-state index in [9.17, 15) is 4.79 Å². The Bertz CT molecular complexity index is 1120. The van der Waals surface area contributed by atoms with Gasteiger partial charge in [0, 0.05) is 29.3 Å². The zero-order valence-electron chi connectivity index (χ0n) is 15.3. The van der Waals surface area contributed by atoms with Gasteiger partial charge in [0.05, 0.1) is 12.4 Å². The second kappa shape index (κ2) is 7.36. The average molecular weight is 375 g/mol. The third kappa shape index (κ3) is 3.61. The van der Waals surface area contributed by atoms with E-state index in [1.165, 1.54) is 6.20 Å². The van der Waals surface area contributed by atoms with Crippen molar-refractivity contribution in [3.8, 4) is 11.3 Å². The highest BCUT2D eigenvalue weighted by Gasteiger charge is 2.14. The van der Waals surface area contributed by atoms with Crippen LogP contribution < -0.4 is 10.6 Å². The highest BCUT2D eigenvalue weighted by molar-refractivity contribution is 6.04. The number of pyridine rings is 1. The number of rotatable bonds is 5. The van der Waals surface area contributed by atoms with Gasteiger partial charge >= 0.3 is 0 Å². The average Bonchev–Trinajstić information content (AvgIpc) is 3.34. The second-order valence-electron chi connectivity index (χ2n) is 6.17. The van der Waals surface area contributed by atoms with Gasteiger partial charge in [-0.3, -0.25) is 9.78 Å². The number of benzene rings is 1. The van der Waals surface area contributed by atoms with E-state index >= 15 is 0 Å². The van der Waals surface area contributed by atoms with Gasteiger partial charge in [-0.2, -0.15) is 0 Å². The monoisotopic (exact) mass is 375 g/mol. The van der Waals surface area contributed by atoms with Gasteiger partial charge in [-0.15, -0.1) is 0 Å². The van der Waals surface area contributed by atoms with Gasteiger partial charge in [0.25, 0.3) is 11.9 Å². The number of aromatic nitrogens is 3. The molecule has 0 bridgehead atoms. The van der Waals surface area contributed by atoms with Gasteiger partial charge in [0.2, 0.25) is 0 Å². The predicted molar refractivity (Wildman–Crippen MR) is 103 cm³/mol. The fourth-order valence-corrected chi connectivity index (χ4v) is 2.65. The number of hydrogen-bond acceptors (Lipinski definition) is 7. The smallest absolute Gasteiger partial charge is 0.299 e. The number of hydrogen-bond donors (Lipinski definition) is 2. The van der Waals surface area contributed by atoms with Crippen LogP contribution in [0.2, 0.25) is 0 Å². The Labute approximate surface area is 160 Å². The first-order valence-electron chi connectivity index (χ1n) is 8.56. The lowest BCUT2D eigenvalue weighted by molar-refractivity contribution is 0.102. The topological polar surface area (TPSA) is 106 Å². The fraction of sp³-hybridized carbons (Fsp3) is 0.100. The van der Waals surface area contributed by atoms with Gasteiger partial charge in [0.15, 0.2) is 5.76 Å². The molecule has 8 heteroatoms. The lowest BCUT2D eigenvalue weighted by Gasteiger charge is -2.10. The number of aryl methyl sites for hydroxylation is 2. The Morgan fingerprint density at radius 3 is 2.64 bits per heavy atom. The van der Waals surface area contributed by atoms with Crippen LogP contribution in [0.4, 0.5) is 17.4 Å². The summed E-state index contributed by atoms with van der Waals surface area (Å²) in [5.41, 5.74) is 3.65. The summed E-state index contributed by atoms with van der Waals surface area (Å²) in [5.74, 6) is 0.811. The lowest BCUT2D eigenvalue weighted by Crippen LogP contribution is -2.12. The summed E-state index contributed by atoms with van der Waals surface area (Å²) in [7, 11) is 0. The van der Waals surface area contributed by atoms with Gasteiger partial charge in [-0.25, -0.2) is 4.98 Å². The van der Waals surface area contributed by atoms with Crippen molar-refractivity contribution in [2.45, 2.75) is 13.8 Å². The minimum absolute atomic E-state index is 0.287. The Hall–Kier alpha value is -3.94. The second-order valence-corrected chi connectivity index (χ2v) is 6.17. The molecule has 0 atom stereocenters. The van der Waals surface area contributed by atoms with Crippen LogP contribution in [0.5, 0.6) is 0 Å². The lowest BCUT2D eigenvalue weighted by atomic mass is 10.1. The standard InChI is InChI=1S/C20H17N5O3/c1-12-3-4-15(24-19(26)16-10-23-28-13(16)2)9-17(12)25-20-22-11-18(27-20)14-5-7-21-8-6-14/h3-11H,1-2H3,(H,22,25)(H,24,26). The molecule has 1 amide bonds. The molecule has 28 heavy (non-hydrogen) atoms. The van der Waals surface area contributed by atoms with Gasteiger partial charge in [-0.05, 0) is 43.7 Å². The van der Waals surface area contributed by atoms with E-state index in [0.717, 1.165) is 16.8 Å². The van der Waals surface area contributed by atoms with Crippen LogP contribution in [0.3, 0.4) is 0 Å². The van der Waals surface area contributed by atoms with Crippen molar-refractivity contribution in [2.75, 3.05) is 10.6 Å². The first kappa shape index (κ1) is 17.5. The van der Waals surface area contributed by atoms with Crippen LogP contribution in [0.1, 0.15) is 21.7 Å². The summed E-state index contributed by atoms with van der Waals surface area (Å²) in [6.07, 6.45) is 6.43. The SMILES string of the molecule is Cc1ccc(NC(=O)c2cnoc2C)cc1Nc1ncc(-c2ccncc2)o1. The molecule has 3 aromatic heterocycles. The summed E-state index contributed by atoms with van der Waals surface area (Å²) >= 11 is 0. The fourth-order valence-electron chi connectivity index (χ4n) is 2.65. The molecule has 4 rings (SSSR count). The van der Waals surface area contributed by atoms with E-state index in [1.54, 1.807) is 25.5 Å². The van der Waals surface area contributed by atoms with Crippen LogP contribution in [0.15, 0.2) is 64.1 Å². The number of amides is 1. The Morgan fingerprint density at radius 2 is 1.89 bits per heavy atom. The van der Waals surface area contributed by atoms with Crippen molar-refractivity contribution >= 4 is 23.3 Å². The predicted octanol–water partition coefficient (Wildman–Crippen LogP) is 4.34. The first-order valence-corrected chi connectivity index (χ1v) is 8.56. The van der Waals surface area contributed by atoms with Crippen LogP contribution in [-0.2, 0) is 0 Å². The number of nitrogens with zero attached hydrogens (tertiary/aromatic N) is 3. The van der Waals surface area contributed by atoms with Crippen molar-refractivity contribution in [3.05, 3.63) is 72.0 Å². The highest BCUT2D eigenvalue weighted by atomic mass is 16.5. The number of carbonyl (C=O) groups is 1. The molecule has 0 aliphatic rings. The van der Waals surface area contributed by atoms with Crippen LogP contribution >= 0.6 is 0 Å². The molecule has 2 N–H and O–H groups in total. The summed E-state index contributed by atoms with van der Waals surface area (Å²) in [6, 6.07) is 9.57. The molecule has 0 spiro atoms. The number of anilines is 3. The molecule has 1 aromatic carbocycles. The van der Waals surface area contributed by atoms with Gasteiger partial charge < -0.3 is 19.6 Å². The third-order valence-electron chi connectivity index (χ3n) is 4.20. The van der Waals surface area contributed by atoms with Crippen molar-refractivity contribution in [1.82, 2.24) is 15.1 Å². The van der Waals surface area contributed by atoms with E-state index < -0.39 is 0 Å². The zero-order chi connectivity index (χ0) is 19.5. The Balaban J connectivity index is 1.52. The molecule has 0 fully saturated rings. The molecular weight excluding hydrogens is 358 g/mol. The molecule has 140 valence electrons. The first-order chi connectivity index (χ1) is 13.6. The molecule has 4 aromatic rings. The molecule has 0 radical (unpaired) electrons. The largest absolute Gasteiger partial charge is 0.423 e. The van der Waals surface area contributed by atoms with E-state index in [2.05, 4.69) is 25.8 Å². The zero-order valence-corrected chi connectivity index (χ0v) is 15.3. The molecule has 3 heterocycles. The number of oxazole rings is 1. The Kier molecular flexibility index (Phi) is 4.59. The number of nitrogens with one attached hydrogen (secondary N) is 2. The highest BCUT2D eigenvalue weighted by Crippen LogP contribution is 2.27. The van der Waals surface area contributed by atoms with E-state index in [4.69, 9.17) is 8.94 Å². The maximum atomic E-state index is 12.3. The molecule has 0 saturated carbocycles. The van der Waals surface area contributed by atoms with Crippen molar-refractivity contribution in [1.29, 1.82) is 0 Å². The number of carbonyl (C=O) groups excluding carboxylic acids is 1. The summed E-state index contributed by atoms with van der Waals surface area (Å²) in [5, 5.41) is 9.61. The Morgan fingerprint density at radius 1 is 1.07 bits per heavy atom. The summed E-state index contributed by atoms with van der Waals surface area (Å²) in [4.78, 5) is 20.6. The minimum Gasteiger partial charge on any atom is -0.423 e. The maximum absolute atomic E-state index is 12.3. The molecule has 8 nitrogen and oxygen atoms in total. The van der Waals surface area contributed by atoms with Crippen LogP contribution in [-0.4, -0.2) is 21.0 Å². The molecule has 0 aliphatic heterocycles. The van der Waals surface area contributed by atoms with Gasteiger partial charge in [-0.1, -0.05) is 11.2 Å². The molecule has 0 saturated heterocycles. The third-order valence-corrected chi connectivity index (χ3v) is 4.20. The van der Waals surface area contributed by atoms with E-state index in [1.807, 2.05) is 37.3 Å². The van der Waals surface area contributed by atoms with E-state index in [0.29, 0.717) is 28.8 Å². The summed E-state index contributed by atoms with van der Waals surface area (Å²) in [6.45, 7) is 3.64.